The van der Waals surface area contributed by atoms with E-state index in [2.05, 4.69) is 171 Å². The number of pyridine rings is 2. The maximum atomic E-state index is 3.34. The number of quaternary nitrogens is 2. The van der Waals surface area contributed by atoms with Crippen molar-refractivity contribution in [2.75, 3.05) is 106 Å². The first-order valence-electron chi connectivity index (χ1n) is 20.3. The van der Waals surface area contributed by atoms with Crippen molar-refractivity contribution in [3.8, 4) is 0 Å². The minimum absolute atomic E-state index is 0. The molecule has 0 aliphatic heterocycles. The maximum absolute atomic E-state index is 3.34. The summed E-state index contributed by atoms with van der Waals surface area (Å²) in [6, 6.07) is 32.4. The van der Waals surface area contributed by atoms with Gasteiger partial charge >= 0.3 is 0 Å². The SMILES string of the molecule is C.CNCc1ccc2cc3ccc(CNC)cc3[n+](CCC[N+](C)(C)CCC[N+](C)(C)CCC[n+]3c4cc(N(C)C)ccc4cc4ccc(N(C)C)cc43)c2c1. The summed E-state index contributed by atoms with van der Waals surface area (Å²) >= 11 is 0. The van der Waals surface area contributed by atoms with Crippen molar-refractivity contribution in [2.45, 2.75) is 52.9 Å². The highest BCUT2D eigenvalue weighted by molar-refractivity contribution is 5.92. The van der Waals surface area contributed by atoms with Gasteiger partial charge < -0.3 is 29.4 Å². The fourth-order valence-electron chi connectivity index (χ4n) is 8.39. The van der Waals surface area contributed by atoms with Crippen LogP contribution in [-0.2, 0) is 26.2 Å². The number of nitrogens with zero attached hydrogens (tertiary/aromatic N) is 6. The molecule has 56 heavy (non-hydrogen) atoms. The standard InChI is InChI=1S/C47H68N8.CH4/c1-48-34-36-14-16-38-30-39-17-15-37(35-49-2)29-45(39)52(44(38)28-36)22-11-24-54(7,8)26-13-27-55(9,10)25-12-23-53-46-32-42(50(3)4)20-18-40(46)31-41-19-21-43(51(5)6)33-47(41)53;/h14-21,28-33,48-49H,11-13,22-27,34-35H2,1-10H3;1H4/q+4;. The van der Waals surface area contributed by atoms with Crippen LogP contribution in [0.1, 0.15) is 37.8 Å². The lowest BCUT2D eigenvalue weighted by Crippen LogP contribution is -2.48. The second kappa shape index (κ2) is 18.3. The smallest absolute Gasteiger partial charge is 0.215 e. The van der Waals surface area contributed by atoms with Crippen LogP contribution < -0.4 is 29.6 Å². The molecule has 6 aromatic rings. The van der Waals surface area contributed by atoms with Gasteiger partial charge in [-0.3, -0.25) is 0 Å². The summed E-state index contributed by atoms with van der Waals surface area (Å²) in [5.41, 5.74) is 10.4. The van der Waals surface area contributed by atoms with E-state index in [0.717, 1.165) is 61.1 Å². The topological polar surface area (TPSA) is 38.3 Å². The zero-order chi connectivity index (χ0) is 39.3. The van der Waals surface area contributed by atoms with Gasteiger partial charge in [-0.25, -0.2) is 0 Å². The van der Waals surface area contributed by atoms with Crippen LogP contribution in [-0.4, -0.2) is 106 Å². The maximum Gasteiger partial charge on any atom is 0.215 e. The molecule has 2 heterocycles. The Kier molecular flexibility index (Phi) is 14.0. The quantitative estimate of drug-likeness (QED) is 0.0558. The Bertz CT molecular complexity index is 2120. The molecule has 8 heteroatoms. The first-order valence-corrected chi connectivity index (χ1v) is 20.3. The highest BCUT2D eigenvalue weighted by Crippen LogP contribution is 2.26. The second-order valence-corrected chi connectivity index (χ2v) is 17.5. The Morgan fingerprint density at radius 1 is 0.464 bits per heavy atom. The lowest BCUT2D eigenvalue weighted by atomic mass is 10.1. The van der Waals surface area contributed by atoms with Crippen molar-refractivity contribution in [3.05, 3.63) is 96.1 Å². The van der Waals surface area contributed by atoms with E-state index < -0.39 is 0 Å². The van der Waals surface area contributed by atoms with Crippen LogP contribution in [0.3, 0.4) is 0 Å². The first kappa shape index (κ1) is 42.8. The molecule has 0 saturated heterocycles. The predicted octanol–water partition coefficient (Wildman–Crippen LogP) is 7.10. The third-order valence-electron chi connectivity index (χ3n) is 11.6. The van der Waals surface area contributed by atoms with Crippen molar-refractivity contribution in [2.24, 2.45) is 0 Å². The van der Waals surface area contributed by atoms with E-state index in [1.807, 2.05) is 14.1 Å². The number of nitrogens with one attached hydrogen (secondary N) is 2. The third-order valence-corrected chi connectivity index (χ3v) is 11.6. The van der Waals surface area contributed by atoms with Crippen molar-refractivity contribution in [1.82, 2.24) is 10.6 Å². The Morgan fingerprint density at radius 2 is 0.804 bits per heavy atom. The Balaban J connectivity index is 0.00000600. The van der Waals surface area contributed by atoms with Gasteiger partial charge in [0.1, 0.15) is 0 Å². The summed E-state index contributed by atoms with van der Waals surface area (Å²) < 4.78 is 7.24. The summed E-state index contributed by atoms with van der Waals surface area (Å²) in [7, 11) is 22.3. The van der Waals surface area contributed by atoms with Gasteiger partial charge in [0.15, 0.2) is 13.1 Å². The summed E-state index contributed by atoms with van der Waals surface area (Å²) in [4.78, 5) is 4.41. The van der Waals surface area contributed by atoms with Crippen LogP contribution in [0.15, 0.2) is 84.9 Å². The number of hydrogen-bond acceptors (Lipinski definition) is 4. The van der Waals surface area contributed by atoms with Crippen LogP contribution in [0.5, 0.6) is 0 Å². The van der Waals surface area contributed by atoms with Gasteiger partial charge in [0.25, 0.3) is 0 Å². The molecule has 8 nitrogen and oxygen atoms in total. The van der Waals surface area contributed by atoms with E-state index in [4.69, 9.17) is 0 Å². The number of benzene rings is 4. The number of hydrogen-bond donors (Lipinski definition) is 2. The summed E-state index contributed by atoms with van der Waals surface area (Å²) in [6.07, 6.45) is 3.48. The molecule has 0 unspecified atom stereocenters. The molecule has 0 bridgehead atoms. The van der Waals surface area contributed by atoms with E-state index in [1.165, 1.54) is 85.6 Å². The van der Waals surface area contributed by atoms with Gasteiger partial charge in [-0.15, -0.1) is 0 Å². The zero-order valence-corrected chi connectivity index (χ0v) is 35.5. The summed E-state index contributed by atoms with van der Waals surface area (Å²) in [6.45, 7) is 8.43. The Labute approximate surface area is 338 Å². The van der Waals surface area contributed by atoms with Crippen molar-refractivity contribution in [1.29, 1.82) is 0 Å². The summed E-state index contributed by atoms with van der Waals surface area (Å²) in [5, 5.41) is 11.9. The molecule has 2 N–H and O–H groups in total. The first-order chi connectivity index (χ1) is 26.3. The van der Waals surface area contributed by atoms with Crippen molar-refractivity contribution >= 4 is 55.0 Å². The Morgan fingerprint density at radius 3 is 1.16 bits per heavy atom. The molecular formula is C48H72N8+4. The number of rotatable bonds is 18. The minimum Gasteiger partial charge on any atom is -0.377 e. The largest absolute Gasteiger partial charge is 0.377 e. The van der Waals surface area contributed by atoms with Crippen molar-refractivity contribution < 1.29 is 18.1 Å². The molecule has 2 aromatic heterocycles. The minimum atomic E-state index is 0. The van der Waals surface area contributed by atoms with E-state index in [-0.39, 0.29) is 7.43 Å². The van der Waals surface area contributed by atoms with Crippen LogP contribution in [0, 0.1) is 0 Å². The average Bonchev–Trinajstić information content (AvgIpc) is 3.14. The van der Waals surface area contributed by atoms with Gasteiger partial charge in [0.05, 0.1) is 67.2 Å². The average molecular weight is 761 g/mol. The van der Waals surface area contributed by atoms with Gasteiger partial charge in [0, 0.05) is 105 Å². The molecule has 0 spiro atoms. The molecule has 300 valence electrons. The van der Waals surface area contributed by atoms with Crippen LogP contribution in [0.25, 0.3) is 43.6 Å². The third kappa shape index (κ3) is 10.1. The number of aryl methyl sites for hydroxylation is 2. The van der Waals surface area contributed by atoms with E-state index in [9.17, 15) is 0 Å². The molecule has 0 amide bonds. The molecular weight excluding hydrogens is 689 g/mol. The van der Waals surface area contributed by atoms with E-state index >= 15 is 0 Å². The zero-order valence-electron chi connectivity index (χ0n) is 35.5. The monoisotopic (exact) mass is 761 g/mol. The molecule has 0 fully saturated rings. The number of fused-ring (bicyclic) bond motifs is 4. The molecule has 4 aromatic carbocycles. The van der Waals surface area contributed by atoms with Gasteiger partial charge in [-0.2, -0.15) is 9.13 Å². The Hall–Kier alpha value is -4.34. The molecule has 0 saturated carbocycles. The predicted molar refractivity (Wildman–Crippen MR) is 242 cm³/mol. The van der Waals surface area contributed by atoms with Gasteiger partial charge in [0.2, 0.25) is 22.1 Å². The lowest BCUT2D eigenvalue weighted by Gasteiger charge is -2.33. The van der Waals surface area contributed by atoms with Gasteiger partial charge in [-0.1, -0.05) is 19.6 Å². The van der Waals surface area contributed by atoms with E-state index in [1.54, 1.807) is 0 Å². The number of aromatic nitrogens is 2. The van der Waals surface area contributed by atoms with E-state index in [0.29, 0.717) is 0 Å². The fourth-order valence-corrected chi connectivity index (χ4v) is 8.39. The normalized spacial score (nSPS) is 12.2. The fraction of sp³-hybridized carbons (Fsp3) is 0.458. The van der Waals surface area contributed by atoms with Crippen molar-refractivity contribution in [3.63, 3.8) is 0 Å². The molecule has 6 rings (SSSR count). The molecule has 0 radical (unpaired) electrons. The summed E-state index contributed by atoms with van der Waals surface area (Å²) in [5.74, 6) is 0. The highest BCUT2D eigenvalue weighted by Gasteiger charge is 2.24. The van der Waals surface area contributed by atoms with Crippen LogP contribution >= 0.6 is 0 Å². The van der Waals surface area contributed by atoms with Gasteiger partial charge in [-0.05, 0) is 73.8 Å². The lowest BCUT2D eigenvalue weighted by molar-refractivity contribution is -0.911. The molecule has 0 aliphatic rings. The van der Waals surface area contributed by atoms with Crippen LogP contribution in [0.4, 0.5) is 11.4 Å². The number of anilines is 2. The second-order valence-electron chi connectivity index (χ2n) is 17.5. The molecule has 0 atom stereocenters. The molecule has 0 aliphatic carbocycles. The van der Waals surface area contributed by atoms with Crippen LogP contribution in [0.2, 0.25) is 0 Å². The highest BCUT2D eigenvalue weighted by atomic mass is 15.3.